The Morgan fingerprint density at radius 1 is 1.25 bits per heavy atom. The summed E-state index contributed by atoms with van der Waals surface area (Å²) in [5.74, 6) is 2.73. The molecule has 1 atom stereocenters. The molecule has 0 spiro atoms. The zero-order valence-electron chi connectivity index (χ0n) is 10.1. The molecule has 1 aromatic rings. The van der Waals surface area contributed by atoms with Gasteiger partial charge in [-0.1, -0.05) is 6.42 Å². The minimum atomic E-state index is 0.632. The van der Waals surface area contributed by atoms with Gasteiger partial charge in [0.15, 0.2) is 0 Å². The summed E-state index contributed by atoms with van der Waals surface area (Å²) in [6.07, 6.45) is 8.83. The van der Waals surface area contributed by atoms with Crippen LogP contribution in [0, 0.1) is 0 Å². The van der Waals surface area contributed by atoms with Crippen molar-refractivity contribution in [3.63, 3.8) is 0 Å². The number of imidazole rings is 1. The van der Waals surface area contributed by atoms with E-state index in [-0.39, 0.29) is 0 Å². The largest absolute Gasteiger partial charge is 0.335 e. The van der Waals surface area contributed by atoms with Gasteiger partial charge in [0.2, 0.25) is 0 Å². The van der Waals surface area contributed by atoms with E-state index in [1.165, 1.54) is 50.2 Å². The van der Waals surface area contributed by atoms with Gasteiger partial charge >= 0.3 is 0 Å². The first kappa shape index (κ1) is 10.3. The van der Waals surface area contributed by atoms with Crippen molar-refractivity contribution in [2.24, 2.45) is 7.05 Å². The van der Waals surface area contributed by atoms with Gasteiger partial charge in [-0.05, 0) is 32.2 Å². The first-order valence-corrected chi connectivity index (χ1v) is 6.58. The fraction of sp³-hybridized carbons (Fsp3) is 0.769. The second kappa shape index (κ2) is 4.21. The Morgan fingerprint density at radius 2 is 2.06 bits per heavy atom. The molecule has 0 amide bonds. The van der Waals surface area contributed by atoms with Crippen molar-refractivity contribution in [3.05, 3.63) is 17.7 Å². The number of rotatable bonds is 2. The molecule has 16 heavy (non-hydrogen) atoms. The molecule has 0 radical (unpaired) electrons. The van der Waals surface area contributed by atoms with Gasteiger partial charge in [0, 0.05) is 37.3 Å². The number of hydrogen-bond acceptors (Lipinski definition) is 2. The van der Waals surface area contributed by atoms with E-state index >= 15 is 0 Å². The van der Waals surface area contributed by atoms with Gasteiger partial charge in [-0.25, -0.2) is 4.98 Å². The Hall–Kier alpha value is -0.830. The molecule has 1 N–H and O–H groups in total. The maximum Gasteiger partial charge on any atom is 0.113 e. The minimum Gasteiger partial charge on any atom is -0.335 e. The fourth-order valence-corrected chi connectivity index (χ4v) is 2.97. The zero-order chi connectivity index (χ0) is 11.0. The molecular formula is C13H21N3. The van der Waals surface area contributed by atoms with E-state index in [2.05, 4.69) is 28.1 Å². The van der Waals surface area contributed by atoms with E-state index in [9.17, 15) is 0 Å². The van der Waals surface area contributed by atoms with Crippen LogP contribution >= 0.6 is 0 Å². The van der Waals surface area contributed by atoms with E-state index in [0.29, 0.717) is 5.92 Å². The third kappa shape index (κ3) is 1.67. The number of aromatic nitrogens is 2. The Kier molecular flexibility index (Phi) is 2.72. The summed E-state index contributed by atoms with van der Waals surface area (Å²) in [6.45, 7) is 2.28. The number of piperidine rings is 1. The van der Waals surface area contributed by atoms with E-state index in [1.807, 2.05) is 0 Å². The molecular weight excluding hydrogens is 198 g/mol. The molecule has 88 valence electrons. The normalized spacial score (nSPS) is 26.7. The van der Waals surface area contributed by atoms with E-state index in [4.69, 9.17) is 0 Å². The SMILES string of the molecule is Cn1c(C2CCC2)cnc1C1CCCNC1. The number of nitrogens with zero attached hydrogens (tertiary/aromatic N) is 2. The fourth-order valence-electron chi connectivity index (χ4n) is 2.97. The quantitative estimate of drug-likeness (QED) is 0.826. The van der Waals surface area contributed by atoms with Crippen LogP contribution in [0.2, 0.25) is 0 Å². The molecule has 3 heteroatoms. The molecule has 1 saturated carbocycles. The van der Waals surface area contributed by atoms with Crippen molar-refractivity contribution in [3.8, 4) is 0 Å². The van der Waals surface area contributed by atoms with E-state index < -0.39 is 0 Å². The summed E-state index contributed by atoms with van der Waals surface area (Å²) < 4.78 is 2.36. The van der Waals surface area contributed by atoms with Gasteiger partial charge < -0.3 is 9.88 Å². The van der Waals surface area contributed by atoms with E-state index in [1.54, 1.807) is 0 Å². The first-order chi connectivity index (χ1) is 7.86. The van der Waals surface area contributed by atoms with Gasteiger partial charge in [-0.2, -0.15) is 0 Å². The summed E-state index contributed by atoms with van der Waals surface area (Å²) in [5.41, 5.74) is 1.46. The van der Waals surface area contributed by atoms with Gasteiger partial charge in [-0.15, -0.1) is 0 Å². The van der Waals surface area contributed by atoms with E-state index in [0.717, 1.165) is 12.5 Å². The Bertz CT molecular complexity index is 359. The average Bonchev–Trinajstić information content (AvgIpc) is 2.60. The number of nitrogens with one attached hydrogen (secondary N) is 1. The Labute approximate surface area is 97.3 Å². The standard InChI is InChI=1S/C13H21N3/c1-16-12(10-4-2-5-10)9-15-13(16)11-6-3-7-14-8-11/h9-11,14H,2-8H2,1H3. The number of hydrogen-bond donors (Lipinski definition) is 1. The third-order valence-electron chi connectivity index (χ3n) is 4.25. The van der Waals surface area contributed by atoms with Gasteiger partial charge in [0.25, 0.3) is 0 Å². The first-order valence-electron chi connectivity index (χ1n) is 6.58. The Morgan fingerprint density at radius 3 is 2.69 bits per heavy atom. The lowest BCUT2D eigenvalue weighted by molar-refractivity contribution is 0.394. The summed E-state index contributed by atoms with van der Waals surface area (Å²) in [6, 6.07) is 0. The van der Waals surface area contributed by atoms with Crippen LogP contribution in [-0.2, 0) is 7.05 Å². The summed E-state index contributed by atoms with van der Waals surface area (Å²) >= 11 is 0. The van der Waals surface area contributed by atoms with Crippen molar-refractivity contribution < 1.29 is 0 Å². The molecule has 1 unspecified atom stereocenters. The predicted octanol–water partition coefficient (Wildman–Crippen LogP) is 2.15. The van der Waals surface area contributed by atoms with Crippen molar-refractivity contribution in [1.82, 2.24) is 14.9 Å². The molecule has 2 fully saturated rings. The van der Waals surface area contributed by atoms with Crippen LogP contribution in [0.15, 0.2) is 6.20 Å². The maximum atomic E-state index is 4.67. The average molecular weight is 219 g/mol. The van der Waals surface area contributed by atoms with Crippen LogP contribution in [0.1, 0.15) is 55.5 Å². The van der Waals surface area contributed by atoms with Crippen molar-refractivity contribution in [1.29, 1.82) is 0 Å². The molecule has 0 bridgehead atoms. The summed E-state index contributed by atoms with van der Waals surface area (Å²) in [4.78, 5) is 4.67. The second-order valence-corrected chi connectivity index (χ2v) is 5.27. The van der Waals surface area contributed by atoms with Crippen LogP contribution in [0.25, 0.3) is 0 Å². The molecule has 1 saturated heterocycles. The van der Waals surface area contributed by atoms with Gasteiger partial charge in [0.05, 0.1) is 0 Å². The lowest BCUT2D eigenvalue weighted by atomic mass is 9.83. The van der Waals surface area contributed by atoms with Crippen LogP contribution < -0.4 is 5.32 Å². The maximum absolute atomic E-state index is 4.67. The highest BCUT2D eigenvalue weighted by Gasteiger charge is 2.26. The van der Waals surface area contributed by atoms with Crippen LogP contribution in [-0.4, -0.2) is 22.6 Å². The topological polar surface area (TPSA) is 29.9 Å². The monoisotopic (exact) mass is 219 g/mol. The van der Waals surface area contributed by atoms with Crippen LogP contribution in [0.4, 0.5) is 0 Å². The highest BCUT2D eigenvalue weighted by Crippen LogP contribution is 2.37. The predicted molar refractivity (Wildman–Crippen MR) is 64.6 cm³/mol. The van der Waals surface area contributed by atoms with Crippen LogP contribution in [0.3, 0.4) is 0 Å². The van der Waals surface area contributed by atoms with Gasteiger partial charge in [-0.3, -0.25) is 0 Å². The molecule has 1 aliphatic heterocycles. The summed E-state index contributed by atoms with van der Waals surface area (Å²) in [7, 11) is 2.20. The zero-order valence-corrected chi connectivity index (χ0v) is 10.1. The van der Waals surface area contributed by atoms with Crippen molar-refractivity contribution >= 4 is 0 Å². The molecule has 3 nitrogen and oxygen atoms in total. The summed E-state index contributed by atoms with van der Waals surface area (Å²) in [5, 5.41) is 3.47. The van der Waals surface area contributed by atoms with Crippen molar-refractivity contribution in [2.75, 3.05) is 13.1 Å². The molecule has 1 aromatic heterocycles. The van der Waals surface area contributed by atoms with Gasteiger partial charge in [0.1, 0.15) is 5.82 Å². The molecule has 0 aromatic carbocycles. The smallest absolute Gasteiger partial charge is 0.113 e. The Balaban J connectivity index is 1.81. The molecule has 3 rings (SSSR count). The molecule has 2 heterocycles. The minimum absolute atomic E-state index is 0.632. The lowest BCUT2D eigenvalue weighted by Crippen LogP contribution is -2.30. The van der Waals surface area contributed by atoms with Crippen molar-refractivity contribution in [2.45, 2.75) is 43.9 Å². The molecule has 1 aliphatic carbocycles. The van der Waals surface area contributed by atoms with Crippen LogP contribution in [0.5, 0.6) is 0 Å². The third-order valence-corrected chi connectivity index (χ3v) is 4.25. The second-order valence-electron chi connectivity index (χ2n) is 5.27. The molecule has 2 aliphatic rings. The lowest BCUT2D eigenvalue weighted by Gasteiger charge is -2.27. The highest BCUT2D eigenvalue weighted by atomic mass is 15.1. The highest BCUT2D eigenvalue weighted by molar-refractivity contribution is 5.16.